The van der Waals surface area contributed by atoms with Crippen molar-refractivity contribution in [3.63, 3.8) is 0 Å². The number of hydrogen-bond acceptors (Lipinski definition) is 6. The third-order valence-corrected chi connectivity index (χ3v) is 8.47. The molecule has 1 heterocycles. The molecule has 0 spiro atoms. The second-order valence-electron chi connectivity index (χ2n) is 11.2. The first kappa shape index (κ1) is 29.7. The van der Waals surface area contributed by atoms with Gasteiger partial charge in [0.05, 0.1) is 35.5 Å². The molecule has 218 valence electrons. The Kier molecular flexibility index (Phi) is 8.39. The number of alkyl halides is 3. The van der Waals surface area contributed by atoms with Crippen LogP contribution in [0.3, 0.4) is 0 Å². The van der Waals surface area contributed by atoms with Crippen LogP contribution in [-0.2, 0) is 36.9 Å². The molecule has 1 aliphatic carbocycles. The number of fused-ring (bicyclic) bond motifs is 1. The summed E-state index contributed by atoms with van der Waals surface area (Å²) in [5, 5.41) is 2.85. The van der Waals surface area contributed by atoms with Crippen LogP contribution in [0.5, 0.6) is 5.75 Å². The highest BCUT2D eigenvalue weighted by atomic mass is 32.2. The van der Waals surface area contributed by atoms with Crippen molar-refractivity contribution in [2.45, 2.75) is 75.7 Å². The highest BCUT2D eigenvalue weighted by molar-refractivity contribution is 7.92. The molecule has 1 fully saturated rings. The molecule has 0 radical (unpaired) electrons. The zero-order valence-corrected chi connectivity index (χ0v) is 23.4. The first-order valence-electron chi connectivity index (χ1n) is 13.1. The molecule has 12 heteroatoms. The summed E-state index contributed by atoms with van der Waals surface area (Å²) in [5.74, 6) is -0.277. The highest BCUT2D eigenvalue weighted by Gasteiger charge is 2.38. The molecule has 0 unspecified atom stereocenters. The molecule has 40 heavy (non-hydrogen) atoms. The molecule has 0 saturated heterocycles. The van der Waals surface area contributed by atoms with Crippen LogP contribution in [0.15, 0.2) is 47.4 Å². The Bertz CT molecular complexity index is 1370. The number of carbonyl (C=O) groups is 2. The number of nitrogens with zero attached hydrogens (tertiary/aromatic N) is 1. The van der Waals surface area contributed by atoms with Gasteiger partial charge < -0.3 is 14.8 Å². The minimum Gasteiger partial charge on any atom is -0.486 e. The molecule has 0 bridgehead atoms. The summed E-state index contributed by atoms with van der Waals surface area (Å²) in [6, 6.07) is 8.00. The van der Waals surface area contributed by atoms with Crippen molar-refractivity contribution < 1.29 is 40.7 Å². The van der Waals surface area contributed by atoms with E-state index in [1.807, 2.05) is 0 Å². The highest BCUT2D eigenvalue weighted by Crippen LogP contribution is 2.39. The van der Waals surface area contributed by atoms with Gasteiger partial charge in [-0.05, 0) is 75.4 Å². The van der Waals surface area contributed by atoms with E-state index in [-0.39, 0.29) is 36.7 Å². The molecule has 8 nitrogen and oxygen atoms in total. The molecular weight excluding hydrogens is 549 g/mol. The van der Waals surface area contributed by atoms with Crippen LogP contribution in [0.4, 0.5) is 18.9 Å². The smallest absolute Gasteiger partial charge is 0.416 e. The minimum atomic E-state index is -4.74. The summed E-state index contributed by atoms with van der Waals surface area (Å²) in [7, 11) is -4.52. The van der Waals surface area contributed by atoms with Crippen LogP contribution in [0.25, 0.3) is 0 Å². The first-order valence-corrected chi connectivity index (χ1v) is 14.5. The van der Waals surface area contributed by atoms with E-state index in [0.29, 0.717) is 24.1 Å². The second-order valence-corrected chi connectivity index (χ2v) is 13.0. The van der Waals surface area contributed by atoms with E-state index >= 15 is 0 Å². The number of rotatable bonds is 8. The van der Waals surface area contributed by atoms with Crippen molar-refractivity contribution in [3.8, 4) is 5.75 Å². The first-order chi connectivity index (χ1) is 18.6. The monoisotopic (exact) mass is 582 g/mol. The summed E-state index contributed by atoms with van der Waals surface area (Å²) in [6.45, 7) is 5.38. The standard InChI is InChI=1S/C28H33F3N2O6S/c1-27(2,3)39-26(35)13-19-10-11-24-23(12-19)33(17-21(38-24)15-25(34)32-16-18-6-4-7-18)40(36,37)22-9-5-8-20(14-22)28(29,30)31/h5,8-12,14,18,21H,4,6-7,13,15-17H2,1-3H3,(H,32,34)/t21-/m0/s1. The number of carbonyl (C=O) groups excluding carboxylic acids is 2. The number of anilines is 1. The number of hydrogen-bond donors (Lipinski definition) is 1. The Labute approximate surface area is 231 Å². The van der Waals surface area contributed by atoms with Gasteiger partial charge in [0, 0.05) is 6.54 Å². The summed E-state index contributed by atoms with van der Waals surface area (Å²) >= 11 is 0. The number of benzene rings is 2. The van der Waals surface area contributed by atoms with Crippen LogP contribution >= 0.6 is 0 Å². The number of amides is 1. The van der Waals surface area contributed by atoms with Crippen molar-refractivity contribution in [1.82, 2.24) is 5.32 Å². The van der Waals surface area contributed by atoms with Gasteiger partial charge in [-0.3, -0.25) is 13.9 Å². The average Bonchev–Trinajstić information content (AvgIpc) is 2.81. The third-order valence-electron chi connectivity index (χ3n) is 6.70. The Balaban J connectivity index is 1.64. The van der Waals surface area contributed by atoms with Gasteiger partial charge in [0.15, 0.2) is 0 Å². The lowest BCUT2D eigenvalue weighted by Crippen LogP contribution is -2.46. The maximum absolute atomic E-state index is 13.8. The summed E-state index contributed by atoms with van der Waals surface area (Å²) in [5.41, 5.74) is -1.34. The van der Waals surface area contributed by atoms with Crippen LogP contribution in [0.1, 0.15) is 57.6 Å². The maximum atomic E-state index is 13.8. The minimum absolute atomic E-state index is 0.0598. The molecule has 4 rings (SSSR count). The zero-order chi connectivity index (χ0) is 29.3. The lowest BCUT2D eigenvalue weighted by Gasteiger charge is -2.36. The van der Waals surface area contributed by atoms with E-state index in [4.69, 9.17) is 9.47 Å². The molecule has 2 aliphatic rings. The summed E-state index contributed by atoms with van der Waals surface area (Å²) < 4.78 is 79.9. The Morgan fingerprint density at radius 1 is 1.10 bits per heavy atom. The predicted octanol–water partition coefficient (Wildman–Crippen LogP) is 4.85. The third kappa shape index (κ3) is 7.26. The fourth-order valence-electron chi connectivity index (χ4n) is 4.54. The quantitative estimate of drug-likeness (QED) is 0.447. The van der Waals surface area contributed by atoms with Gasteiger partial charge in [-0.1, -0.05) is 18.6 Å². The Morgan fingerprint density at radius 2 is 1.82 bits per heavy atom. The average molecular weight is 583 g/mol. The van der Waals surface area contributed by atoms with Crippen molar-refractivity contribution in [2.24, 2.45) is 5.92 Å². The van der Waals surface area contributed by atoms with Gasteiger partial charge >= 0.3 is 12.1 Å². The van der Waals surface area contributed by atoms with Crippen molar-refractivity contribution in [1.29, 1.82) is 0 Å². The maximum Gasteiger partial charge on any atom is 0.416 e. The molecule has 1 N–H and O–H groups in total. The van der Waals surface area contributed by atoms with Gasteiger partial charge in [0.2, 0.25) is 5.91 Å². The predicted molar refractivity (Wildman–Crippen MR) is 141 cm³/mol. The van der Waals surface area contributed by atoms with Gasteiger partial charge in [0.1, 0.15) is 17.5 Å². The fourth-order valence-corrected chi connectivity index (χ4v) is 6.08. The van der Waals surface area contributed by atoms with Gasteiger partial charge in [-0.2, -0.15) is 13.2 Å². The Morgan fingerprint density at radius 3 is 2.45 bits per heavy atom. The molecule has 2 aromatic carbocycles. The van der Waals surface area contributed by atoms with Crippen molar-refractivity contribution in [3.05, 3.63) is 53.6 Å². The number of halogens is 3. The molecule has 1 amide bonds. The molecule has 1 atom stereocenters. The lowest BCUT2D eigenvalue weighted by molar-refractivity contribution is -0.154. The summed E-state index contributed by atoms with van der Waals surface area (Å²) in [4.78, 5) is 24.4. The van der Waals surface area contributed by atoms with Crippen molar-refractivity contribution >= 4 is 27.6 Å². The molecule has 1 saturated carbocycles. The van der Waals surface area contributed by atoms with Crippen LogP contribution in [0.2, 0.25) is 0 Å². The number of sulfonamides is 1. The number of esters is 1. The van der Waals surface area contributed by atoms with E-state index in [2.05, 4.69) is 5.32 Å². The van der Waals surface area contributed by atoms with Gasteiger partial charge in [-0.15, -0.1) is 0 Å². The van der Waals surface area contributed by atoms with E-state index in [1.165, 1.54) is 12.1 Å². The SMILES string of the molecule is CC(C)(C)OC(=O)Cc1ccc2c(c1)N(S(=O)(=O)c1cccc(C(F)(F)F)c1)C[C@H](CC(=O)NCC1CCC1)O2. The van der Waals surface area contributed by atoms with Crippen LogP contribution in [0, 0.1) is 5.92 Å². The largest absolute Gasteiger partial charge is 0.486 e. The Hall–Kier alpha value is -3.28. The lowest BCUT2D eigenvalue weighted by atomic mass is 9.85. The molecule has 0 aromatic heterocycles. The topological polar surface area (TPSA) is 102 Å². The molecule has 2 aromatic rings. The van der Waals surface area contributed by atoms with Crippen LogP contribution < -0.4 is 14.4 Å². The normalized spacial score (nSPS) is 17.9. The zero-order valence-electron chi connectivity index (χ0n) is 22.6. The van der Waals surface area contributed by atoms with E-state index in [9.17, 15) is 31.2 Å². The summed E-state index contributed by atoms with van der Waals surface area (Å²) in [6.07, 6.45) is -2.71. The molecular formula is C28H33F3N2O6S. The van der Waals surface area contributed by atoms with Gasteiger partial charge in [0.25, 0.3) is 10.0 Å². The number of nitrogens with one attached hydrogen (secondary N) is 1. The second kappa shape index (κ2) is 11.3. The number of ether oxygens (including phenoxy) is 2. The molecule has 1 aliphatic heterocycles. The van der Waals surface area contributed by atoms with E-state index in [1.54, 1.807) is 26.8 Å². The fraction of sp³-hybridized carbons (Fsp3) is 0.500. The van der Waals surface area contributed by atoms with Gasteiger partial charge in [-0.25, -0.2) is 8.42 Å². The van der Waals surface area contributed by atoms with E-state index < -0.39 is 44.3 Å². The van der Waals surface area contributed by atoms with E-state index in [0.717, 1.165) is 41.8 Å². The van der Waals surface area contributed by atoms with Crippen LogP contribution in [-0.4, -0.2) is 45.1 Å². The van der Waals surface area contributed by atoms with Crippen molar-refractivity contribution in [2.75, 3.05) is 17.4 Å².